The van der Waals surface area contributed by atoms with Gasteiger partial charge >= 0.3 is 0 Å². The van der Waals surface area contributed by atoms with Crippen LogP contribution >= 0.6 is 0 Å². The number of hydrogen-bond acceptors (Lipinski definition) is 6. The largest absolute Gasteiger partial charge is 0.497 e. The summed E-state index contributed by atoms with van der Waals surface area (Å²) in [5.74, 6) is 0.154. The molecule has 12 heteroatoms. The maximum Gasteiger partial charge on any atom is 0.256 e. The first-order chi connectivity index (χ1) is 22.8. The minimum absolute atomic E-state index is 0.0808. The fourth-order valence-electron chi connectivity index (χ4n) is 7.33. The number of carbonyl (C=O) groups excluding carboxylic acids is 1. The number of methoxy groups -OCH3 is 1. The third-order valence-corrected chi connectivity index (χ3v) is 12.7. The second-order valence-corrected chi connectivity index (χ2v) is 15.3. The molecule has 256 valence electrons. The van der Waals surface area contributed by atoms with Crippen molar-refractivity contribution in [2.75, 3.05) is 40.3 Å². The lowest BCUT2D eigenvalue weighted by atomic mass is 9.71. The molecule has 3 aromatic carbocycles. The number of amides is 1. The Bertz CT molecular complexity index is 1920. The number of halogens is 2. The molecule has 1 aromatic heterocycles. The number of likely N-dealkylation sites (tertiary alicyclic amines) is 2. The number of H-pyrrole nitrogens is 1. The van der Waals surface area contributed by atoms with Crippen molar-refractivity contribution in [3.05, 3.63) is 88.2 Å². The first-order valence-electron chi connectivity index (χ1n) is 16.4. The number of aryl methyl sites for hydroxylation is 2. The Morgan fingerprint density at radius 2 is 1.67 bits per heavy atom. The highest BCUT2D eigenvalue weighted by Crippen LogP contribution is 2.42. The number of nitrogens with zero attached hydrogens (tertiary/aromatic N) is 4. The predicted octanol–water partition coefficient (Wildman–Crippen LogP) is 6.37. The van der Waals surface area contributed by atoms with E-state index >= 15 is 0 Å². The summed E-state index contributed by atoms with van der Waals surface area (Å²) in [4.78, 5) is 26.2. The zero-order valence-corrected chi connectivity index (χ0v) is 29.0. The summed E-state index contributed by atoms with van der Waals surface area (Å²) in [6.45, 7) is 8.54. The van der Waals surface area contributed by atoms with E-state index in [2.05, 4.69) is 9.88 Å². The van der Waals surface area contributed by atoms with Crippen molar-refractivity contribution in [3.63, 3.8) is 0 Å². The summed E-state index contributed by atoms with van der Waals surface area (Å²) >= 11 is 0. The molecule has 2 aliphatic rings. The van der Waals surface area contributed by atoms with Crippen molar-refractivity contribution >= 4 is 27.0 Å². The van der Waals surface area contributed by atoms with E-state index < -0.39 is 21.9 Å². The van der Waals surface area contributed by atoms with Crippen LogP contribution in [0.5, 0.6) is 5.75 Å². The van der Waals surface area contributed by atoms with Crippen LogP contribution < -0.4 is 4.74 Å². The molecule has 0 saturated carbocycles. The van der Waals surface area contributed by atoms with Crippen molar-refractivity contribution < 1.29 is 26.7 Å². The summed E-state index contributed by atoms with van der Waals surface area (Å²) < 4.78 is 62.1. The van der Waals surface area contributed by atoms with Crippen molar-refractivity contribution in [1.29, 1.82) is 0 Å². The molecule has 1 amide bonds. The van der Waals surface area contributed by atoms with Gasteiger partial charge in [-0.1, -0.05) is 6.07 Å². The fourth-order valence-corrected chi connectivity index (χ4v) is 9.07. The molecule has 0 bridgehead atoms. The van der Waals surface area contributed by atoms with Crippen LogP contribution in [0.25, 0.3) is 11.0 Å². The maximum absolute atomic E-state index is 14.2. The lowest BCUT2D eigenvalue weighted by Gasteiger charge is -2.47. The Morgan fingerprint density at radius 3 is 2.31 bits per heavy atom. The van der Waals surface area contributed by atoms with Crippen LogP contribution in [0.4, 0.5) is 8.78 Å². The van der Waals surface area contributed by atoms with Crippen molar-refractivity contribution in [2.24, 2.45) is 5.41 Å². The van der Waals surface area contributed by atoms with Crippen LogP contribution in [0.2, 0.25) is 0 Å². The molecule has 2 saturated heterocycles. The molecule has 48 heavy (non-hydrogen) atoms. The van der Waals surface area contributed by atoms with E-state index in [1.807, 2.05) is 11.0 Å². The molecule has 0 radical (unpaired) electrons. The number of aromatic nitrogens is 2. The van der Waals surface area contributed by atoms with Gasteiger partial charge in [0.05, 0.1) is 34.6 Å². The van der Waals surface area contributed by atoms with Gasteiger partial charge in [-0.05, 0) is 119 Å². The topological polar surface area (TPSA) is 98.8 Å². The smallest absolute Gasteiger partial charge is 0.256 e. The van der Waals surface area contributed by atoms with Crippen LogP contribution in [-0.2, 0) is 16.6 Å². The molecular weight excluding hydrogens is 636 g/mol. The fraction of sp³-hybridized carbons (Fsp3) is 0.444. The van der Waals surface area contributed by atoms with Crippen LogP contribution in [0.1, 0.15) is 71.5 Å². The number of piperidine rings is 2. The maximum atomic E-state index is 14.2. The molecule has 1 N–H and O–H groups in total. The SMILES string of the molecule is COc1cc(C)c(S(=O)(=O)N(C)C(C)c2nc3cccc(C(=O)N4CCC5(CCN(Cc6cc(F)ccc6F)CC5)CC4)c3[nH]2)c(C)c1. The van der Waals surface area contributed by atoms with Crippen molar-refractivity contribution in [1.82, 2.24) is 24.1 Å². The van der Waals surface area contributed by atoms with Gasteiger partial charge in [-0.15, -0.1) is 0 Å². The van der Waals surface area contributed by atoms with E-state index in [9.17, 15) is 22.0 Å². The second kappa shape index (κ2) is 13.2. The van der Waals surface area contributed by atoms with Gasteiger partial charge in [0.25, 0.3) is 5.91 Å². The quantitative estimate of drug-likeness (QED) is 0.233. The molecule has 1 unspecified atom stereocenters. The third kappa shape index (κ3) is 6.45. The minimum Gasteiger partial charge on any atom is -0.497 e. The van der Waals surface area contributed by atoms with E-state index in [1.54, 1.807) is 52.1 Å². The highest BCUT2D eigenvalue weighted by atomic mass is 32.2. The lowest BCUT2D eigenvalue weighted by Crippen LogP contribution is -2.48. The standard InChI is InChI=1S/C36H43F2N5O4S/c1-23-19-28(47-5)20-24(2)33(23)48(45,46)41(4)25(3)34-39-31-8-6-7-29(32(31)40-34)35(44)43-17-13-36(14-18-43)11-15-42(16-12-36)22-26-21-27(37)9-10-30(26)38/h6-10,19-21,25H,11-18,22H2,1-5H3,(H,39,40). The lowest BCUT2D eigenvalue weighted by molar-refractivity contribution is 0.0284. The molecule has 2 aliphatic heterocycles. The number of imidazole rings is 1. The molecule has 1 atom stereocenters. The Labute approximate surface area is 280 Å². The first kappa shape index (κ1) is 34.0. The van der Waals surface area contributed by atoms with Gasteiger partial charge in [-0.3, -0.25) is 9.69 Å². The highest BCUT2D eigenvalue weighted by molar-refractivity contribution is 7.89. The molecule has 3 heterocycles. The molecular formula is C36H43F2N5O4S. The summed E-state index contributed by atoms with van der Waals surface area (Å²) in [7, 11) is -0.796. The average molecular weight is 680 g/mol. The van der Waals surface area contributed by atoms with Gasteiger partial charge in [0.1, 0.15) is 23.2 Å². The van der Waals surface area contributed by atoms with E-state index in [1.165, 1.54) is 23.5 Å². The van der Waals surface area contributed by atoms with Crippen molar-refractivity contribution in [2.45, 2.75) is 63.9 Å². The number of carbonyl (C=O) groups is 1. The summed E-state index contributed by atoms with van der Waals surface area (Å²) in [6.07, 6.45) is 3.68. The monoisotopic (exact) mass is 679 g/mol. The van der Waals surface area contributed by atoms with Gasteiger partial charge < -0.3 is 14.6 Å². The van der Waals surface area contributed by atoms with E-state index in [0.29, 0.717) is 64.5 Å². The number of aromatic amines is 1. The number of hydrogen-bond donors (Lipinski definition) is 1. The minimum atomic E-state index is -3.88. The predicted molar refractivity (Wildman–Crippen MR) is 180 cm³/mol. The van der Waals surface area contributed by atoms with E-state index in [0.717, 1.165) is 44.8 Å². The number of sulfonamides is 1. The molecule has 6 rings (SSSR count). The molecule has 9 nitrogen and oxygen atoms in total. The molecule has 2 fully saturated rings. The Morgan fingerprint density at radius 1 is 1.02 bits per heavy atom. The Kier molecular flexibility index (Phi) is 9.36. The van der Waals surface area contributed by atoms with Crippen LogP contribution in [0.3, 0.4) is 0 Å². The van der Waals surface area contributed by atoms with Gasteiger partial charge in [0, 0.05) is 32.2 Å². The van der Waals surface area contributed by atoms with E-state index in [-0.39, 0.29) is 22.0 Å². The molecule has 4 aromatic rings. The van der Waals surface area contributed by atoms with E-state index in [4.69, 9.17) is 9.72 Å². The third-order valence-electron chi connectivity index (χ3n) is 10.4. The highest BCUT2D eigenvalue weighted by Gasteiger charge is 2.39. The van der Waals surface area contributed by atoms with Gasteiger partial charge in [0.15, 0.2) is 0 Å². The number of para-hydroxylation sites is 1. The van der Waals surface area contributed by atoms with Crippen LogP contribution in [0.15, 0.2) is 53.4 Å². The number of ether oxygens (including phenoxy) is 1. The number of rotatable bonds is 8. The normalized spacial score (nSPS) is 17.7. The molecule has 0 aliphatic carbocycles. The first-order valence-corrected chi connectivity index (χ1v) is 17.8. The van der Waals surface area contributed by atoms with Gasteiger partial charge in [-0.2, -0.15) is 4.31 Å². The van der Waals surface area contributed by atoms with Crippen LogP contribution in [0, 0.1) is 30.9 Å². The Hall–Kier alpha value is -3.87. The summed E-state index contributed by atoms with van der Waals surface area (Å²) in [6, 6.07) is 11.8. The summed E-state index contributed by atoms with van der Waals surface area (Å²) in [5.41, 5.74) is 3.40. The zero-order valence-electron chi connectivity index (χ0n) is 28.1. The van der Waals surface area contributed by atoms with Crippen LogP contribution in [-0.4, -0.2) is 78.7 Å². The number of benzene rings is 3. The molecule has 1 spiro atoms. The van der Waals surface area contributed by atoms with Gasteiger partial charge in [-0.25, -0.2) is 22.2 Å². The average Bonchev–Trinajstić information content (AvgIpc) is 3.51. The zero-order chi connectivity index (χ0) is 34.4. The van der Waals surface area contributed by atoms with Gasteiger partial charge in [0.2, 0.25) is 10.0 Å². The number of fused-ring (bicyclic) bond motifs is 1. The Balaban J connectivity index is 1.13. The summed E-state index contributed by atoms with van der Waals surface area (Å²) in [5, 5.41) is 0. The van der Waals surface area contributed by atoms with Crippen molar-refractivity contribution in [3.8, 4) is 5.75 Å². The second-order valence-electron chi connectivity index (χ2n) is 13.4. The number of nitrogens with one attached hydrogen (secondary N) is 1.